The topological polar surface area (TPSA) is 38.0 Å². The van der Waals surface area contributed by atoms with Gasteiger partial charge in [-0.2, -0.15) is 0 Å². The van der Waals surface area contributed by atoms with Crippen molar-refractivity contribution in [1.82, 2.24) is 9.55 Å². The molecule has 76 valence electrons. The molecular weight excluding hydrogens is 188 g/mol. The lowest BCUT2D eigenvalue weighted by molar-refractivity contribution is 0.156. The summed E-state index contributed by atoms with van der Waals surface area (Å²) >= 11 is 0. The van der Waals surface area contributed by atoms with Gasteiger partial charge in [-0.3, -0.25) is 0 Å². The lowest BCUT2D eigenvalue weighted by Gasteiger charge is -2.10. The molecule has 3 nitrogen and oxygen atoms in total. The van der Waals surface area contributed by atoms with Gasteiger partial charge in [-0.1, -0.05) is 36.9 Å². The first kappa shape index (κ1) is 9.68. The van der Waals surface area contributed by atoms with E-state index in [-0.39, 0.29) is 0 Å². The summed E-state index contributed by atoms with van der Waals surface area (Å²) in [4.78, 5) is 4.21. The van der Waals surface area contributed by atoms with Crippen LogP contribution in [-0.2, 0) is 0 Å². The fourth-order valence-corrected chi connectivity index (χ4v) is 1.45. The van der Waals surface area contributed by atoms with E-state index in [0.29, 0.717) is 0 Å². The molecule has 0 aliphatic heterocycles. The first-order valence-corrected chi connectivity index (χ1v) is 4.72. The second kappa shape index (κ2) is 4.11. The maximum Gasteiger partial charge on any atom is 0.151 e. The van der Waals surface area contributed by atoms with E-state index in [9.17, 15) is 5.11 Å². The van der Waals surface area contributed by atoms with E-state index in [0.717, 1.165) is 11.4 Å². The van der Waals surface area contributed by atoms with Crippen molar-refractivity contribution in [3.05, 3.63) is 55.4 Å². The number of aliphatic hydroxyl groups is 1. The van der Waals surface area contributed by atoms with Gasteiger partial charge < -0.3 is 9.67 Å². The van der Waals surface area contributed by atoms with E-state index in [1.807, 2.05) is 30.3 Å². The summed E-state index contributed by atoms with van der Waals surface area (Å²) in [7, 11) is 0. The van der Waals surface area contributed by atoms with Gasteiger partial charge in [0.05, 0.1) is 0 Å². The summed E-state index contributed by atoms with van der Waals surface area (Å²) in [5.41, 5.74) is 0.975. The van der Waals surface area contributed by atoms with Crippen LogP contribution in [0.3, 0.4) is 0 Å². The van der Waals surface area contributed by atoms with Gasteiger partial charge in [0.25, 0.3) is 0 Å². The van der Waals surface area contributed by atoms with E-state index >= 15 is 0 Å². The van der Waals surface area contributed by atoms with E-state index in [4.69, 9.17) is 0 Å². The highest BCUT2D eigenvalue weighted by Crippen LogP contribution is 2.19. The molecule has 0 spiro atoms. The fraction of sp³-hybridized carbons (Fsp3) is 0.0833. The summed E-state index contributed by atoms with van der Waals surface area (Å²) in [6, 6.07) is 9.73. The molecule has 0 bridgehead atoms. The molecule has 0 radical (unpaired) electrons. The number of benzene rings is 1. The van der Waals surface area contributed by atoms with Crippen molar-refractivity contribution in [1.29, 1.82) is 0 Å². The Kier molecular flexibility index (Phi) is 2.65. The molecule has 1 heterocycles. The van der Waals surface area contributed by atoms with Gasteiger partial charge in [0.2, 0.25) is 0 Å². The third-order valence-electron chi connectivity index (χ3n) is 2.20. The highest BCUT2D eigenvalue weighted by Gasteiger charge is 2.09. The van der Waals surface area contributed by atoms with Gasteiger partial charge in [-0.15, -0.1) is 0 Å². The van der Waals surface area contributed by atoms with Crippen molar-refractivity contribution in [2.24, 2.45) is 0 Å². The molecule has 2 rings (SSSR count). The van der Waals surface area contributed by atoms with E-state index in [1.54, 1.807) is 17.0 Å². The number of imidazole rings is 1. The Morgan fingerprint density at radius 3 is 2.73 bits per heavy atom. The molecule has 0 aliphatic rings. The van der Waals surface area contributed by atoms with Crippen LogP contribution < -0.4 is 0 Å². The van der Waals surface area contributed by atoms with Crippen molar-refractivity contribution in [3.8, 4) is 11.4 Å². The maximum absolute atomic E-state index is 9.67. The van der Waals surface area contributed by atoms with Crippen LogP contribution in [0.25, 0.3) is 11.4 Å². The average Bonchev–Trinajstić information content (AvgIpc) is 2.78. The van der Waals surface area contributed by atoms with Crippen LogP contribution in [0.4, 0.5) is 0 Å². The molecule has 0 aliphatic carbocycles. The first-order valence-electron chi connectivity index (χ1n) is 4.72. The minimum absolute atomic E-state index is 0.734. The number of nitrogens with zero attached hydrogens (tertiary/aromatic N) is 2. The maximum atomic E-state index is 9.67. The molecule has 1 aromatic carbocycles. The smallest absolute Gasteiger partial charge is 0.151 e. The van der Waals surface area contributed by atoms with Gasteiger partial charge in [-0.05, 0) is 6.08 Å². The van der Waals surface area contributed by atoms with Crippen molar-refractivity contribution in [2.45, 2.75) is 6.23 Å². The van der Waals surface area contributed by atoms with Crippen molar-refractivity contribution in [2.75, 3.05) is 0 Å². The van der Waals surface area contributed by atoms with Gasteiger partial charge in [0, 0.05) is 18.0 Å². The third kappa shape index (κ3) is 1.82. The Bertz CT molecular complexity index is 448. The Hall–Kier alpha value is -1.87. The molecule has 15 heavy (non-hydrogen) atoms. The van der Waals surface area contributed by atoms with Gasteiger partial charge >= 0.3 is 0 Å². The number of hydrogen-bond donors (Lipinski definition) is 1. The lowest BCUT2D eigenvalue weighted by atomic mass is 10.2. The Morgan fingerprint density at radius 1 is 1.33 bits per heavy atom. The zero-order valence-electron chi connectivity index (χ0n) is 8.24. The summed E-state index contributed by atoms with van der Waals surface area (Å²) in [5, 5.41) is 9.67. The van der Waals surface area contributed by atoms with Crippen LogP contribution >= 0.6 is 0 Å². The Labute approximate surface area is 88.3 Å². The number of rotatable bonds is 3. The number of hydrogen-bond acceptors (Lipinski definition) is 2. The quantitative estimate of drug-likeness (QED) is 0.771. The molecule has 1 atom stereocenters. The molecule has 0 amide bonds. The molecule has 0 saturated heterocycles. The van der Waals surface area contributed by atoms with Gasteiger partial charge in [0.1, 0.15) is 5.82 Å². The lowest BCUT2D eigenvalue weighted by Crippen LogP contribution is -2.05. The largest absolute Gasteiger partial charge is 0.370 e. The Morgan fingerprint density at radius 2 is 2.07 bits per heavy atom. The van der Waals surface area contributed by atoms with Crippen molar-refractivity contribution >= 4 is 0 Å². The normalized spacial score (nSPS) is 12.3. The van der Waals surface area contributed by atoms with Crippen LogP contribution in [0, 0.1) is 0 Å². The zero-order chi connectivity index (χ0) is 10.7. The highest BCUT2D eigenvalue weighted by atomic mass is 16.3. The molecule has 1 N–H and O–H groups in total. The summed E-state index contributed by atoms with van der Waals surface area (Å²) in [6.07, 6.45) is 4.13. The predicted molar refractivity (Wildman–Crippen MR) is 59.1 cm³/mol. The summed E-state index contributed by atoms with van der Waals surface area (Å²) in [6.45, 7) is 3.55. The van der Waals surface area contributed by atoms with Crippen molar-refractivity contribution in [3.63, 3.8) is 0 Å². The SMILES string of the molecule is C=CC(O)n1ccnc1-c1ccccc1. The summed E-state index contributed by atoms with van der Waals surface area (Å²) in [5.74, 6) is 0.739. The molecule has 0 saturated carbocycles. The average molecular weight is 200 g/mol. The second-order valence-electron chi connectivity index (χ2n) is 3.17. The fourth-order valence-electron chi connectivity index (χ4n) is 1.45. The monoisotopic (exact) mass is 200 g/mol. The Balaban J connectivity index is 2.46. The minimum atomic E-state index is -0.734. The van der Waals surface area contributed by atoms with Crippen LogP contribution in [0.1, 0.15) is 6.23 Å². The first-order chi connectivity index (χ1) is 7.33. The summed E-state index contributed by atoms with van der Waals surface area (Å²) < 4.78 is 1.67. The number of aromatic nitrogens is 2. The highest BCUT2D eigenvalue weighted by molar-refractivity contribution is 5.55. The number of aliphatic hydroxyl groups excluding tert-OH is 1. The molecule has 1 aromatic heterocycles. The molecule has 0 fully saturated rings. The molecule has 1 unspecified atom stereocenters. The van der Waals surface area contributed by atoms with Crippen LogP contribution in [-0.4, -0.2) is 14.7 Å². The van der Waals surface area contributed by atoms with E-state index < -0.39 is 6.23 Å². The standard InChI is InChI=1S/C12H12N2O/c1-2-11(15)14-9-8-13-12(14)10-6-4-3-5-7-10/h2-9,11,15H,1H2. The van der Waals surface area contributed by atoms with Crippen molar-refractivity contribution < 1.29 is 5.11 Å². The van der Waals surface area contributed by atoms with E-state index in [1.165, 1.54) is 6.08 Å². The molecule has 3 heteroatoms. The van der Waals surface area contributed by atoms with Crippen LogP contribution in [0.2, 0.25) is 0 Å². The minimum Gasteiger partial charge on any atom is -0.370 e. The zero-order valence-corrected chi connectivity index (χ0v) is 8.24. The van der Waals surface area contributed by atoms with E-state index in [2.05, 4.69) is 11.6 Å². The van der Waals surface area contributed by atoms with Gasteiger partial charge in [-0.25, -0.2) is 4.98 Å². The predicted octanol–water partition coefficient (Wildman–Crippen LogP) is 2.23. The molecule has 2 aromatic rings. The van der Waals surface area contributed by atoms with Crippen LogP contribution in [0.5, 0.6) is 0 Å². The second-order valence-corrected chi connectivity index (χ2v) is 3.17. The third-order valence-corrected chi connectivity index (χ3v) is 2.20. The van der Waals surface area contributed by atoms with Gasteiger partial charge in [0.15, 0.2) is 6.23 Å². The molecular formula is C12H12N2O. The van der Waals surface area contributed by atoms with Crippen LogP contribution in [0.15, 0.2) is 55.4 Å².